The molecule has 0 aliphatic rings. The average Bonchev–Trinajstić information content (AvgIpc) is 2.56. The lowest BCUT2D eigenvalue weighted by Gasteiger charge is -1.95. The topological polar surface area (TPSA) is 46.0 Å². The maximum Gasteiger partial charge on any atom is 0.116 e. The maximum absolute atomic E-state index is 9.17. The fraction of sp³-hybridized carbons (Fsp3) is 0. The Morgan fingerprint density at radius 3 is 2.92 bits per heavy atom. The first-order chi connectivity index (χ1) is 5.86. The summed E-state index contributed by atoms with van der Waals surface area (Å²) in [5.41, 5.74) is 1.69. The summed E-state index contributed by atoms with van der Waals surface area (Å²) in [6.45, 7) is 0. The minimum absolute atomic E-state index is 0.250. The lowest BCUT2D eigenvalue weighted by atomic mass is 10.2. The molecule has 1 aromatic heterocycles. The summed E-state index contributed by atoms with van der Waals surface area (Å²) in [6.07, 6.45) is 1.68. The molecule has 0 radical (unpaired) electrons. The largest absolute Gasteiger partial charge is 0.508 e. The second-order valence-electron chi connectivity index (χ2n) is 2.34. The van der Waals surface area contributed by atoms with Crippen molar-refractivity contribution in [1.82, 2.24) is 8.75 Å². The van der Waals surface area contributed by atoms with Crippen LogP contribution in [-0.4, -0.2) is 13.9 Å². The smallest absolute Gasteiger partial charge is 0.116 e. The molecule has 4 heteroatoms. The molecular formula is C8H6N2OS. The molecule has 0 aliphatic heterocycles. The molecule has 1 aromatic carbocycles. The van der Waals surface area contributed by atoms with Gasteiger partial charge < -0.3 is 5.11 Å². The van der Waals surface area contributed by atoms with E-state index in [1.165, 1.54) is 0 Å². The number of nitrogens with zero attached hydrogens (tertiary/aromatic N) is 2. The lowest BCUT2D eigenvalue weighted by molar-refractivity contribution is 0.475. The van der Waals surface area contributed by atoms with Crippen molar-refractivity contribution < 1.29 is 5.11 Å². The lowest BCUT2D eigenvalue weighted by Crippen LogP contribution is -1.74. The summed E-state index contributed by atoms with van der Waals surface area (Å²) < 4.78 is 7.92. The summed E-state index contributed by atoms with van der Waals surface area (Å²) in [4.78, 5) is 0. The second kappa shape index (κ2) is 2.91. The maximum atomic E-state index is 9.17. The van der Waals surface area contributed by atoms with Crippen molar-refractivity contribution in [3.8, 4) is 17.0 Å². The highest BCUT2D eigenvalue weighted by molar-refractivity contribution is 6.99. The zero-order valence-electron chi connectivity index (χ0n) is 6.14. The van der Waals surface area contributed by atoms with Crippen molar-refractivity contribution in [2.75, 3.05) is 0 Å². The van der Waals surface area contributed by atoms with Gasteiger partial charge in [-0.05, 0) is 12.1 Å². The Morgan fingerprint density at radius 1 is 1.33 bits per heavy atom. The van der Waals surface area contributed by atoms with Gasteiger partial charge in [0, 0.05) is 5.56 Å². The molecule has 0 bridgehead atoms. The minimum atomic E-state index is 0.250. The number of benzene rings is 1. The zero-order valence-corrected chi connectivity index (χ0v) is 6.95. The third kappa shape index (κ3) is 1.29. The van der Waals surface area contributed by atoms with Crippen molar-refractivity contribution >= 4 is 11.7 Å². The molecular weight excluding hydrogens is 172 g/mol. The summed E-state index contributed by atoms with van der Waals surface area (Å²) >= 11 is 1.16. The molecule has 2 aromatic rings. The second-order valence-corrected chi connectivity index (χ2v) is 2.90. The minimum Gasteiger partial charge on any atom is -0.508 e. The summed E-state index contributed by atoms with van der Waals surface area (Å²) in [5.74, 6) is 0.250. The van der Waals surface area contributed by atoms with Crippen molar-refractivity contribution in [3.05, 3.63) is 30.5 Å². The predicted molar refractivity (Wildman–Crippen MR) is 47.0 cm³/mol. The molecule has 0 amide bonds. The van der Waals surface area contributed by atoms with Gasteiger partial charge in [-0.1, -0.05) is 12.1 Å². The predicted octanol–water partition coefficient (Wildman–Crippen LogP) is 1.91. The molecule has 0 saturated carbocycles. The molecule has 0 saturated heterocycles. The Bertz CT molecular complexity index is 372. The molecule has 2 rings (SSSR count). The van der Waals surface area contributed by atoms with Crippen LogP contribution < -0.4 is 0 Å². The van der Waals surface area contributed by atoms with Gasteiger partial charge >= 0.3 is 0 Å². The van der Waals surface area contributed by atoms with E-state index in [0.717, 1.165) is 23.0 Å². The normalized spacial score (nSPS) is 10.0. The molecule has 12 heavy (non-hydrogen) atoms. The third-order valence-electron chi connectivity index (χ3n) is 1.50. The fourth-order valence-corrected chi connectivity index (χ4v) is 1.39. The van der Waals surface area contributed by atoms with E-state index in [-0.39, 0.29) is 5.75 Å². The number of hydrogen-bond acceptors (Lipinski definition) is 4. The van der Waals surface area contributed by atoms with Gasteiger partial charge in [-0.3, -0.25) is 0 Å². The summed E-state index contributed by atoms with van der Waals surface area (Å²) in [5, 5.41) is 9.17. The zero-order chi connectivity index (χ0) is 8.39. The van der Waals surface area contributed by atoms with Crippen LogP contribution in [-0.2, 0) is 0 Å². The van der Waals surface area contributed by atoms with E-state index in [1.54, 1.807) is 24.4 Å². The van der Waals surface area contributed by atoms with Gasteiger partial charge in [0.25, 0.3) is 0 Å². The van der Waals surface area contributed by atoms with Crippen LogP contribution in [0.2, 0.25) is 0 Å². The van der Waals surface area contributed by atoms with Crippen molar-refractivity contribution in [2.24, 2.45) is 0 Å². The molecule has 1 N–H and O–H groups in total. The van der Waals surface area contributed by atoms with E-state index in [0.29, 0.717) is 0 Å². The standard InChI is InChI=1S/C8H6N2OS/c11-7-3-1-2-6(4-7)8-5-9-12-10-8/h1-5,11H. The number of phenols is 1. The van der Waals surface area contributed by atoms with Gasteiger partial charge in [0.05, 0.1) is 17.9 Å². The van der Waals surface area contributed by atoms with E-state index in [4.69, 9.17) is 5.11 Å². The van der Waals surface area contributed by atoms with Gasteiger partial charge in [-0.2, -0.15) is 8.75 Å². The third-order valence-corrected chi connectivity index (χ3v) is 1.98. The number of aromatic hydroxyl groups is 1. The van der Waals surface area contributed by atoms with Gasteiger partial charge in [0.1, 0.15) is 11.4 Å². The molecule has 60 valence electrons. The Hall–Kier alpha value is -1.42. The van der Waals surface area contributed by atoms with E-state index >= 15 is 0 Å². The highest BCUT2D eigenvalue weighted by atomic mass is 32.1. The van der Waals surface area contributed by atoms with E-state index < -0.39 is 0 Å². The highest BCUT2D eigenvalue weighted by Crippen LogP contribution is 2.20. The number of aromatic nitrogens is 2. The Labute approximate surface area is 73.6 Å². The first-order valence-electron chi connectivity index (χ1n) is 3.43. The molecule has 0 unspecified atom stereocenters. The van der Waals surface area contributed by atoms with Crippen LogP contribution in [0.1, 0.15) is 0 Å². The van der Waals surface area contributed by atoms with Crippen molar-refractivity contribution in [1.29, 1.82) is 0 Å². The SMILES string of the molecule is Oc1cccc(-c2cnsn2)c1. The quantitative estimate of drug-likeness (QED) is 0.725. The fourth-order valence-electron chi connectivity index (χ4n) is 0.957. The van der Waals surface area contributed by atoms with Crippen LogP contribution >= 0.6 is 11.7 Å². The van der Waals surface area contributed by atoms with E-state index in [1.807, 2.05) is 6.07 Å². The Kier molecular flexibility index (Phi) is 1.75. The molecule has 3 nitrogen and oxygen atoms in total. The van der Waals surface area contributed by atoms with Gasteiger partial charge in [0.15, 0.2) is 0 Å². The first kappa shape index (κ1) is 7.24. The molecule has 0 aliphatic carbocycles. The average molecular weight is 178 g/mol. The molecule has 1 heterocycles. The molecule has 0 atom stereocenters. The summed E-state index contributed by atoms with van der Waals surface area (Å²) in [6, 6.07) is 6.96. The van der Waals surface area contributed by atoms with Crippen molar-refractivity contribution in [2.45, 2.75) is 0 Å². The van der Waals surface area contributed by atoms with Crippen LogP contribution in [0, 0.1) is 0 Å². The molecule has 0 spiro atoms. The van der Waals surface area contributed by atoms with Crippen LogP contribution in [0.15, 0.2) is 30.5 Å². The highest BCUT2D eigenvalue weighted by Gasteiger charge is 2.00. The van der Waals surface area contributed by atoms with Gasteiger partial charge in [-0.25, -0.2) is 0 Å². The first-order valence-corrected chi connectivity index (χ1v) is 4.16. The van der Waals surface area contributed by atoms with Crippen LogP contribution in [0.25, 0.3) is 11.3 Å². The van der Waals surface area contributed by atoms with Crippen LogP contribution in [0.4, 0.5) is 0 Å². The number of rotatable bonds is 1. The van der Waals surface area contributed by atoms with Crippen LogP contribution in [0.5, 0.6) is 5.75 Å². The number of phenolic OH excluding ortho intramolecular Hbond substituents is 1. The summed E-state index contributed by atoms with van der Waals surface area (Å²) in [7, 11) is 0. The monoisotopic (exact) mass is 178 g/mol. The van der Waals surface area contributed by atoms with Gasteiger partial charge in [0.2, 0.25) is 0 Å². The number of hydrogen-bond donors (Lipinski definition) is 1. The van der Waals surface area contributed by atoms with E-state index in [2.05, 4.69) is 8.75 Å². The van der Waals surface area contributed by atoms with Gasteiger partial charge in [-0.15, -0.1) is 0 Å². The Morgan fingerprint density at radius 2 is 2.25 bits per heavy atom. The van der Waals surface area contributed by atoms with Crippen LogP contribution in [0.3, 0.4) is 0 Å². The molecule has 0 fully saturated rings. The Balaban J connectivity index is 2.48. The van der Waals surface area contributed by atoms with Crippen molar-refractivity contribution in [3.63, 3.8) is 0 Å². The van der Waals surface area contributed by atoms with E-state index in [9.17, 15) is 0 Å².